The molecule has 1 amide bonds. The molecule has 34 heavy (non-hydrogen) atoms. The Balaban J connectivity index is 1.92. The highest BCUT2D eigenvalue weighted by molar-refractivity contribution is 6.08. The number of aliphatic hydroxyl groups is 1. The summed E-state index contributed by atoms with van der Waals surface area (Å²) in [4.78, 5) is 17.9. The van der Waals surface area contributed by atoms with Gasteiger partial charge in [0.1, 0.15) is 17.2 Å². The van der Waals surface area contributed by atoms with Crippen LogP contribution in [0.4, 0.5) is 17.6 Å². The van der Waals surface area contributed by atoms with Gasteiger partial charge in [-0.25, -0.2) is 22.5 Å². The van der Waals surface area contributed by atoms with Crippen LogP contribution in [0, 0.1) is 0 Å². The standard InChI is InChI=1S/C23H19F4N3O4/c1-33-12-7-8-19(34-2)15(9-12)17-10-14(13-5-3-4-6-16(13)28-17)21(31)30-23(32,22(26)27)11-18(29-30)20(24)25/h3-10,20,22,32H,11H2,1-2H3. The lowest BCUT2D eigenvalue weighted by Gasteiger charge is -2.30. The second-order valence-corrected chi connectivity index (χ2v) is 7.50. The third kappa shape index (κ3) is 3.92. The number of ether oxygens (including phenoxy) is 2. The number of halogens is 4. The van der Waals surface area contributed by atoms with Gasteiger partial charge in [-0.1, -0.05) is 18.2 Å². The monoisotopic (exact) mass is 477 g/mol. The highest BCUT2D eigenvalue weighted by Crippen LogP contribution is 2.38. The Morgan fingerprint density at radius 1 is 1.09 bits per heavy atom. The number of amides is 1. The molecule has 0 aliphatic carbocycles. The zero-order chi connectivity index (χ0) is 24.6. The van der Waals surface area contributed by atoms with Crippen molar-refractivity contribution in [1.29, 1.82) is 0 Å². The number of alkyl halides is 4. The van der Waals surface area contributed by atoms with Crippen molar-refractivity contribution in [3.05, 3.63) is 54.1 Å². The molecular formula is C23H19F4N3O4. The number of fused-ring (bicyclic) bond motifs is 1. The Labute approximate surface area is 191 Å². The molecule has 3 aromatic rings. The number of hydrogen-bond acceptors (Lipinski definition) is 6. The summed E-state index contributed by atoms with van der Waals surface area (Å²) in [7, 11) is 2.90. The number of nitrogens with zero attached hydrogens (tertiary/aromatic N) is 3. The molecule has 0 saturated heterocycles. The summed E-state index contributed by atoms with van der Waals surface area (Å²) >= 11 is 0. The van der Waals surface area contributed by atoms with Crippen LogP contribution in [0.1, 0.15) is 16.8 Å². The number of rotatable bonds is 6. The highest BCUT2D eigenvalue weighted by atomic mass is 19.3. The molecule has 0 bridgehead atoms. The van der Waals surface area contributed by atoms with Gasteiger partial charge >= 0.3 is 0 Å². The predicted molar refractivity (Wildman–Crippen MR) is 115 cm³/mol. The number of para-hydroxylation sites is 1. The third-order valence-electron chi connectivity index (χ3n) is 5.46. The Morgan fingerprint density at radius 2 is 1.82 bits per heavy atom. The molecule has 1 N–H and O–H groups in total. The van der Waals surface area contributed by atoms with Crippen LogP contribution < -0.4 is 9.47 Å². The number of carbonyl (C=O) groups excluding carboxylic acids is 1. The Hall–Kier alpha value is -3.73. The number of hydrazone groups is 1. The first-order valence-corrected chi connectivity index (χ1v) is 10.0. The molecule has 1 aliphatic rings. The third-order valence-corrected chi connectivity index (χ3v) is 5.46. The smallest absolute Gasteiger partial charge is 0.287 e. The van der Waals surface area contributed by atoms with E-state index in [4.69, 9.17) is 9.47 Å². The summed E-state index contributed by atoms with van der Waals surface area (Å²) in [6, 6.07) is 12.6. The van der Waals surface area contributed by atoms with Gasteiger partial charge in [0.2, 0.25) is 5.72 Å². The summed E-state index contributed by atoms with van der Waals surface area (Å²) in [5.74, 6) is -0.318. The summed E-state index contributed by atoms with van der Waals surface area (Å²) in [6.07, 6.45) is -7.93. The van der Waals surface area contributed by atoms with Gasteiger partial charge in [0, 0.05) is 17.4 Å². The number of hydrogen-bond donors (Lipinski definition) is 1. The molecule has 1 aliphatic heterocycles. The van der Waals surface area contributed by atoms with Crippen molar-refractivity contribution in [2.45, 2.75) is 25.0 Å². The van der Waals surface area contributed by atoms with Gasteiger partial charge < -0.3 is 14.6 Å². The van der Waals surface area contributed by atoms with Crippen molar-refractivity contribution < 1.29 is 36.9 Å². The van der Waals surface area contributed by atoms with E-state index in [1.165, 1.54) is 26.4 Å². The van der Waals surface area contributed by atoms with E-state index in [-0.39, 0.29) is 21.7 Å². The largest absolute Gasteiger partial charge is 0.497 e. The quantitative estimate of drug-likeness (QED) is 0.534. The minimum Gasteiger partial charge on any atom is -0.497 e. The number of pyridine rings is 1. The minimum absolute atomic E-state index is 0.0352. The lowest BCUT2D eigenvalue weighted by molar-refractivity contribution is -0.164. The van der Waals surface area contributed by atoms with E-state index in [0.717, 1.165) is 0 Å². The van der Waals surface area contributed by atoms with Gasteiger partial charge in [0.15, 0.2) is 0 Å². The fourth-order valence-electron chi connectivity index (χ4n) is 3.72. The van der Waals surface area contributed by atoms with E-state index in [0.29, 0.717) is 22.6 Å². The first kappa shape index (κ1) is 23.4. The first-order chi connectivity index (χ1) is 16.2. The molecule has 2 aromatic carbocycles. The molecule has 1 aromatic heterocycles. The lowest BCUT2D eigenvalue weighted by Crippen LogP contribution is -2.51. The van der Waals surface area contributed by atoms with Crippen molar-refractivity contribution in [2.24, 2.45) is 5.10 Å². The van der Waals surface area contributed by atoms with Gasteiger partial charge in [-0.15, -0.1) is 0 Å². The molecule has 1 atom stereocenters. The SMILES string of the molecule is COc1ccc(OC)c(-c2cc(C(=O)N3N=C(C(F)F)CC3(O)C(F)F)c3ccccc3n2)c1. The van der Waals surface area contributed by atoms with Gasteiger partial charge in [0.25, 0.3) is 18.8 Å². The Kier molecular flexibility index (Phi) is 6.13. The first-order valence-electron chi connectivity index (χ1n) is 10.0. The topological polar surface area (TPSA) is 84.2 Å². The average molecular weight is 477 g/mol. The van der Waals surface area contributed by atoms with Crippen molar-refractivity contribution >= 4 is 22.5 Å². The molecule has 4 rings (SSSR count). The zero-order valence-corrected chi connectivity index (χ0v) is 18.0. The molecule has 7 nitrogen and oxygen atoms in total. The second-order valence-electron chi connectivity index (χ2n) is 7.50. The predicted octanol–water partition coefficient (Wildman–Crippen LogP) is 4.34. The van der Waals surface area contributed by atoms with E-state index in [9.17, 15) is 27.5 Å². The van der Waals surface area contributed by atoms with E-state index >= 15 is 0 Å². The number of benzene rings is 2. The van der Waals surface area contributed by atoms with Crippen LogP contribution in [0.15, 0.2) is 53.6 Å². The van der Waals surface area contributed by atoms with Crippen molar-refractivity contribution in [1.82, 2.24) is 9.99 Å². The fraction of sp³-hybridized carbons (Fsp3) is 0.261. The fourth-order valence-corrected chi connectivity index (χ4v) is 3.72. The van der Waals surface area contributed by atoms with E-state index in [2.05, 4.69) is 10.1 Å². The van der Waals surface area contributed by atoms with Crippen LogP contribution in [0.2, 0.25) is 0 Å². The van der Waals surface area contributed by atoms with Crippen LogP contribution >= 0.6 is 0 Å². The van der Waals surface area contributed by atoms with Crippen LogP contribution in [0.5, 0.6) is 11.5 Å². The number of methoxy groups -OCH3 is 2. The van der Waals surface area contributed by atoms with E-state index in [1.807, 2.05) is 0 Å². The van der Waals surface area contributed by atoms with Gasteiger partial charge in [-0.2, -0.15) is 10.1 Å². The summed E-state index contributed by atoms with van der Waals surface area (Å²) < 4.78 is 64.5. The number of aromatic nitrogens is 1. The Morgan fingerprint density at radius 3 is 2.47 bits per heavy atom. The molecule has 11 heteroatoms. The molecule has 0 spiro atoms. The lowest BCUT2D eigenvalue weighted by atomic mass is 10.0. The molecule has 1 unspecified atom stereocenters. The molecule has 0 saturated carbocycles. The van der Waals surface area contributed by atoms with Gasteiger partial charge in [-0.3, -0.25) is 4.79 Å². The molecule has 2 heterocycles. The van der Waals surface area contributed by atoms with Crippen LogP contribution in [-0.4, -0.2) is 59.5 Å². The maximum atomic E-state index is 13.7. The zero-order valence-electron chi connectivity index (χ0n) is 18.0. The van der Waals surface area contributed by atoms with Crippen molar-refractivity contribution in [3.8, 4) is 22.8 Å². The van der Waals surface area contributed by atoms with Crippen LogP contribution in [0.25, 0.3) is 22.2 Å². The van der Waals surface area contributed by atoms with E-state index < -0.39 is 36.6 Å². The minimum atomic E-state index is -3.54. The van der Waals surface area contributed by atoms with Crippen molar-refractivity contribution in [3.63, 3.8) is 0 Å². The number of carbonyl (C=O) groups is 1. The van der Waals surface area contributed by atoms with Gasteiger partial charge in [0.05, 0.1) is 31.0 Å². The van der Waals surface area contributed by atoms with Crippen molar-refractivity contribution in [2.75, 3.05) is 14.2 Å². The summed E-state index contributed by atoms with van der Waals surface area (Å²) in [5.41, 5.74) is -3.39. The van der Waals surface area contributed by atoms with Crippen LogP contribution in [0.3, 0.4) is 0 Å². The van der Waals surface area contributed by atoms with Crippen LogP contribution in [-0.2, 0) is 0 Å². The highest BCUT2D eigenvalue weighted by Gasteiger charge is 2.53. The molecule has 0 radical (unpaired) electrons. The summed E-state index contributed by atoms with van der Waals surface area (Å²) in [6.45, 7) is 0. The maximum absolute atomic E-state index is 13.7. The average Bonchev–Trinajstić information content (AvgIpc) is 3.21. The van der Waals surface area contributed by atoms with E-state index in [1.54, 1.807) is 36.4 Å². The normalized spacial score (nSPS) is 18.0. The summed E-state index contributed by atoms with van der Waals surface area (Å²) in [5, 5.41) is 14.1. The molecule has 178 valence electrons. The maximum Gasteiger partial charge on any atom is 0.287 e. The molecule has 0 fully saturated rings. The second kappa shape index (κ2) is 8.90. The Bertz CT molecular complexity index is 1280. The molecular weight excluding hydrogens is 458 g/mol. The van der Waals surface area contributed by atoms with Gasteiger partial charge in [-0.05, 0) is 30.3 Å².